The number of amides is 1. The monoisotopic (exact) mass is 530 g/mol. The highest BCUT2D eigenvalue weighted by atomic mass is 19.4. The van der Waals surface area contributed by atoms with Gasteiger partial charge in [-0.1, -0.05) is 19.8 Å². The van der Waals surface area contributed by atoms with E-state index in [1.165, 1.54) is 32.6 Å². The summed E-state index contributed by atoms with van der Waals surface area (Å²) in [5.74, 6) is 2.03. The second-order valence-electron chi connectivity index (χ2n) is 12.1. The van der Waals surface area contributed by atoms with Crippen molar-refractivity contribution in [2.24, 2.45) is 23.7 Å². The first-order valence-electron chi connectivity index (χ1n) is 14.4. The first-order valence-corrected chi connectivity index (χ1v) is 14.4. The van der Waals surface area contributed by atoms with Crippen LogP contribution >= 0.6 is 0 Å². The number of hydrogen-bond acceptors (Lipinski definition) is 7. The second kappa shape index (κ2) is 11.6. The summed E-state index contributed by atoms with van der Waals surface area (Å²) in [6, 6.07) is -0.977. The molecule has 2 saturated carbocycles. The molecule has 0 aromatic carbocycles. The van der Waals surface area contributed by atoms with Crippen molar-refractivity contribution < 1.29 is 22.7 Å². The molecule has 6 N–H and O–H groups in total. The van der Waals surface area contributed by atoms with Crippen LogP contribution in [0.25, 0.3) is 0 Å². The van der Waals surface area contributed by atoms with Crippen LogP contribution in [0.5, 0.6) is 0 Å². The fourth-order valence-corrected chi connectivity index (χ4v) is 7.61. The van der Waals surface area contributed by atoms with Crippen molar-refractivity contribution in [3.63, 3.8) is 0 Å². The molecular formula is C26H45F3N6O2. The largest absolute Gasteiger partial charge is 0.416 e. The first-order chi connectivity index (χ1) is 17.7. The molecule has 0 spiro atoms. The van der Waals surface area contributed by atoms with Crippen molar-refractivity contribution in [2.45, 2.75) is 114 Å². The average Bonchev–Trinajstić information content (AvgIpc) is 3.28. The van der Waals surface area contributed by atoms with E-state index in [1.807, 2.05) is 0 Å². The summed E-state index contributed by atoms with van der Waals surface area (Å²) in [5.41, 5.74) is 0. The maximum atomic E-state index is 13.4. The topological polar surface area (TPSA) is 98.5 Å². The zero-order chi connectivity index (χ0) is 26.2. The van der Waals surface area contributed by atoms with E-state index >= 15 is 0 Å². The highest BCUT2D eigenvalue weighted by Crippen LogP contribution is 2.39. The van der Waals surface area contributed by atoms with Crippen molar-refractivity contribution in [1.82, 2.24) is 31.9 Å². The predicted molar refractivity (Wildman–Crippen MR) is 134 cm³/mol. The Labute approximate surface area is 218 Å². The van der Waals surface area contributed by atoms with Gasteiger partial charge in [0.05, 0.1) is 0 Å². The van der Waals surface area contributed by atoms with Crippen molar-refractivity contribution in [2.75, 3.05) is 19.6 Å². The van der Waals surface area contributed by atoms with E-state index in [-0.39, 0.29) is 18.4 Å². The van der Waals surface area contributed by atoms with E-state index in [0.717, 1.165) is 50.7 Å². The fourth-order valence-electron chi connectivity index (χ4n) is 7.61. The number of ether oxygens (including phenoxy) is 1. The quantitative estimate of drug-likeness (QED) is 0.323. The summed E-state index contributed by atoms with van der Waals surface area (Å²) >= 11 is 0. The number of piperidine rings is 1. The van der Waals surface area contributed by atoms with Crippen LogP contribution < -0.4 is 31.9 Å². The zero-order valence-corrected chi connectivity index (χ0v) is 22.1. The SMILES string of the molecule is CC1NC(C(=O)NC2CCC(C)C(NC3NCCC(C4CNCC5CCCCC54)N3)C2)C(C(F)(F)F)O1. The molecule has 1 amide bonds. The molecule has 11 unspecified atom stereocenters. The first kappa shape index (κ1) is 27.6. The van der Waals surface area contributed by atoms with E-state index in [4.69, 9.17) is 4.74 Å². The zero-order valence-electron chi connectivity index (χ0n) is 22.1. The molecule has 212 valence electrons. The Hall–Kier alpha value is -0.980. The van der Waals surface area contributed by atoms with Crippen LogP contribution in [-0.4, -0.2) is 74.5 Å². The van der Waals surface area contributed by atoms with Crippen LogP contribution in [-0.2, 0) is 9.53 Å². The minimum atomic E-state index is -4.59. The molecule has 5 fully saturated rings. The Morgan fingerprint density at radius 2 is 1.78 bits per heavy atom. The van der Waals surface area contributed by atoms with Crippen molar-refractivity contribution >= 4 is 5.91 Å². The third-order valence-corrected chi connectivity index (χ3v) is 9.60. The summed E-state index contributed by atoms with van der Waals surface area (Å²) in [4.78, 5) is 12.8. The van der Waals surface area contributed by atoms with Crippen molar-refractivity contribution in [3.05, 3.63) is 0 Å². The van der Waals surface area contributed by atoms with Gasteiger partial charge in [0.15, 0.2) is 6.10 Å². The predicted octanol–water partition coefficient (Wildman–Crippen LogP) is 1.78. The highest BCUT2D eigenvalue weighted by Gasteiger charge is 2.53. The second-order valence-corrected chi connectivity index (χ2v) is 12.1. The van der Waals surface area contributed by atoms with Gasteiger partial charge in [0, 0.05) is 18.1 Å². The number of rotatable bonds is 5. The molecule has 2 aliphatic carbocycles. The molecular weight excluding hydrogens is 485 g/mol. The van der Waals surface area contributed by atoms with Gasteiger partial charge in [-0.2, -0.15) is 13.2 Å². The minimum Gasteiger partial charge on any atom is -0.352 e. The lowest BCUT2D eigenvalue weighted by molar-refractivity contribution is -0.216. The third kappa shape index (κ3) is 6.44. The Kier molecular flexibility index (Phi) is 8.67. The number of hydrogen-bond donors (Lipinski definition) is 6. The molecule has 8 nitrogen and oxygen atoms in total. The van der Waals surface area contributed by atoms with Crippen LogP contribution in [0.15, 0.2) is 0 Å². The number of carbonyl (C=O) groups is 1. The minimum absolute atomic E-state index is 0.00928. The Bertz CT molecular complexity index is 786. The maximum absolute atomic E-state index is 13.4. The molecule has 5 aliphatic rings. The van der Waals surface area contributed by atoms with E-state index in [2.05, 4.69) is 38.8 Å². The Morgan fingerprint density at radius 1 is 0.973 bits per heavy atom. The molecule has 0 aromatic rings. The molecule has 3 heterocycles. The van der Waals surface area contributed by atoms with Gasteiger partial charge in [0.1, 0.15) is 18.6 Å². The fraction of sp³-hybridized carbons (Fsp3) is 0.962. The van der Waals surface area contributed by atoms with Gasteiger partial charge in [-0.3, -0.25) is 26.1 Å². The molecule has 11 heteroatoms. The summed E-state index contributed by atoms with van der Waals surface area (Å²) in [6.45, 7) is 6.89. The van der Waals surface area contributed by atoms with Crippen LogP contribution in [0, 0.1) is 23.7 Å². The summed E-state index contributed by atoms with van der Waals surface area (Å²) in [6.07, 6.45) is 1.32. The third-order valence-electron chi connectivity index (χ3n) is 9.60. The van der Waals surface area contributed by atoms with E-state index in [0.29, 0.717) is 24.3 Å². The van der Waals surface area contributed by atoms with Crippen molar-refractivity contribution in [3.8, 4) is 0 Å². The number of carbonyl (C=O) groups excluding carboxylic acids is 1. The lowest BCUT2D eigenvalue weighted by atomic mass is 9.67. The molecule has 3 saturated heterocycles. The van der Waals surface area contributed by atoms with E-state index in [1.54, 1.807) is 0 Å². The molecule has 0 radical (unpaired) electrons. The van der Waals surface area contributed by atoms with E-state index in [9.17, 15) is 18.0 Å². The number of halogens is 3. The van der Waals surface area contributed by atoms with Gasteiger partial charge < -0.3 is 15.4 Å². The Morgan fingerprint density at radius 3 is 2.59 bits per heavy atom. The van der Waals surface area contributed by atoms with Gasteiger partial charge in [-0.05, 0) is 88.8 Å². The lowest BCUT2D eigenvalue weighted by Crippen LogP contribution is -2.67. The standard InChI is InChI=1S/C26H45F3N6O2/c1-14-7-8-17(33-24(36)22-23(26(27,28)29)37-15(2)32-22)11-21(14)35-25-31-10-9-20(34-25)19-13-30-12-16-5-3-4-6-18(16)19/h14-23,25,30-32,34-35H,3-13H2,1-2H3,(H,33,36). The summed E-state index contributed by atoms with van der Waals surface area (Å²) in [7, 11) is 0. The summed E-state index contributed by atoms with van der Waals surface area (Å²) < 4.78 is 45.1. The molecule has 0 bridgehead atoms. The smallest absolute Gasteiger partial charge is 0.352 e. The van der Waals surface area contributed by atoms with Gasteiger partial charge in [-0.15, -0.1) is 0 Å². The van der Waals surface area contributed by atoms with E-state index < -0.39 is 30.5 Å². The van der Waals surface area contributed by atoms with Crippen LogP contribution in [0.3, 0.4) is 0 Å². The highest BCUT2D eigenvalue weighted by molar-refractivity contribution is 5.83. The number of fused-ring (bicyclic) bond motifs is 1. The molecule has 3 aliphatic heterocycles. The molecule has 5 rings (SSSR count). The maximum Gasteiger partial charge on any atom is 0.416 e. The number of nitrogens with one attached hydrogen (secondary N) is 6. The van der Waals surface area contributed by atoms with Crippen LogP contribution in [0.2, 0.25) is 0 Å². The van der Waals surface area contributed by atoms with Crippen LogP contribution in [0.4, 0.5) is 13.2 Å². The molecule has 0 aromatic heterocycles. The molecule has 37 heavy (non-hydrogen) atoms. The normalized spacial score (nSPS) is 45.3. The van der Waals surface area contributed by atoms with Gasteiger partial charge >= 0.3 is 6.18 Å². The van der Waals surface area contributed by atoms with Gasteiger partial charge in [0.2, 0.25) is 5.91 Å². The van der Waals surface area contributed by atoms with Crippen molar-refractivity contribution in [1.29, 1.82) is 0 Å². The van der Waals surface area contributed by atoms with Gasteiger partial charge in [-0.25, -0.2) is 0 Å². The molecule has 11 atom stereocenters. The average molecular weight is 531 g/mol. The van der Waals surface area contributed by atoms with Crippen LogP contribution in [0.1, 0.15) is 65.2 Å². The number of alkyl halides is 3. The summed E-state index contributed by atoms with van der Waals surface area (Å²) in [5, 5.41) is 20.4. The van der Waals surface area contributed by atoms with Gasteiger partial charge in [0.25, 0.3) is 0 Å². The Balaban J connectivity index is 1.15. The lowest BCUT2D eigenvalue weighted by Gasteiger charge is -2.48.